The van der Waals surface area contributed by atoms with Gasteiger partial charge >= 0.3 is 0 Å². The zero-order chi connectivity index (χ0) is 20.0. The molecule has 1 aromatic carbocycles. The fraction of sp³-hybridized carbons (Fsp3) is 0.650. The van der Waals surface area contributed by atoms with Gasteiger partial charge in [-0.1, -0.05) is 26.2 Å². The van der Waals surface area contributed by atoms with Crippen molar-refractivity contribution in [2.75, 3.05) is 25.5 Å². The predicted molar refractivity (Wildman–Crippen MR) is 109 cm³/mol. The van der Waals surface area contributed by atoms with Gasteiger partial charge in [0, 0.05) is 24.8 Å². The average Bonchev–Trinajstić information content (AvgIpc) is 2.66. The quantitative estimate of drug-likeness (QED) is 0.733. The molecule has 0 spiro atoms. The van der Waals surface area contributed by atoms with Crippen LogP contribution in [0.1, 0.15) is 52.9 Å². The van der Waals surface area contributed by atoms with Crippen molar-refractivity contribution in [3.63, 3.8) is 0 Å². The Kier molecular flexibility index (Phi) is 7.82. The summed E-state index contributed by atoms with van der Waals surface area (Å²) in [5.74, 6) is -0.0580. The highest BCUT2D eigenvalue weighted by atomic mass is 32.2. The maximum absolute atomic E-state index is 12.5. The van der Waals surface area contributed by atoms with Gasteiger partial charge in [0.25, 0.3) is 0 Å². The summed E-state index contributed by atoms with van der Waals surface area (Å²) < 4.78 is 26.3. The van der Waals surface area contributed by atoms with Gasteiger partial charge in [0.1, 0.15) is 0 Å². The number of hydrogen-bond donors (Lipinski definition) is 1. The fourth-order valence-electron chi connectivity index (χ4n) is 3.48. The van der Waals surface area contributed by atoms with Crippen molar-refractivity contribution in [1.29, 1.82) is 0 Å². The number of amides is 1. The Bertz CT molecular complexity index is 710. The lowest BCUT2D eigenvalue weighted by atomic mass is 9.94. The van der Waals surface area contributed by atoms with Crippen LogP contribution in [0.5, 0.6) is 0 Å². The number of benzene rings is 1. The molecule has 6 nitrogen and oxygen atoms in total. The van der Waals surface area contributed by atoms with Crippen molar-refractivity contribution in [2.45, 2.75) is 69.9 Å². The van der Waals surface area contributed by atoms with E-state index in [1.165, 1.54) is 23.6 Å². The van der Waals surface area contributed by atoms with Crippen LogP contribution in [0.15, 0.2) is 29.2 Å². The van der Waals surface area contributed by atoms with Crippen LogP contribution in [0.4, 0.5) is 5.69 Å². The summed E-state index contributed by atoms with van der Waals surface area (Å²) >= 11 is 0. The normalized spacial score (nSPS) is 16.3. The van der Waals surface area contributed by atoms with E-state index in [1.54, 1.807) is 31.3 Å². The van der Waals surface area contributed by atoms with Crippen molar-refractivity contribution in [1.82, 2.24) is 9.21 Å². The van der Waals surface area contributed by atoms with Crippen LogP contribution in [0, 0.1) is 0 Å². The minimum Gasteiger partial charge on any atom is -0.325 e. The van der Waals surface area contributed by atoms with E-state index in [1.807, 2.05) is 13.8 Å². The Morgan fingerprint density at radius 1 is 1.15 bits per heavy atom. The van der Waals surface area contributed by atoms with Crippen LogP contribution in [0.2, 0.25) is 0 Å². The van der Waals surface area contributed by atoms with Crippen LogP contribution in [0.25, 0.3) is 0 Å². The number of anilines is 1. The van der Waals surface area contributed by atoms with Gasteiger partial charge in [-0.25, -0.2) is 8.42 Å². The van der Waals surface area contributed by atoms with E-state index in [4.69, 9.17) is 0 Å². The molecule has 0 aromatic heterocycles. The zero-order valence-corrected chi connectivity index (χ0v) is 17.8. The fourth-order valence-corrected chi connectivity index (χ4v) is 4.85. The first-order chi connectivity index (χ1) is 12.8. The lowest BCUT2D eigenvalue weighted by Gasteiger charge is -2.32. The third-order valence-corrected chi connectivity index (χ3v) is 7.43. The lowest BCUT2D eigenvalue weighted by Crippen LogP contribution is -2.41. The van der Waals surface area contributed by atoms with Crippen molar-refractivity contribution in [2.24, 2.45) is 0 Å². The molecular formula is C20H33N3O3S. The zero-order valence-electron chi connectivity index (χ0n) is 16.9. The SMILES string of the molecule is CCN(CC(=O)Nc1ccc(S(=O)(=O)N(C)C(C)C)cc1)C1CCCCC1. The van der Waals surface area contributed by atoms with Gasteiger partial charge in [-0.05, 0) is 57.5 Å². The second-order valence-corrected chi connectivity index (χ2v) is 9.54. The molecule has 152 valence electrons. The maximum Gasteiger partial charge on any atom is 0.243 e. The van der Waals surface area contributed by atoms with Gasteiger partial charge in [0.15, 0.2) is 0 Å². The molecule has 0 unspecified atom stereocenters. The Morgan fingerprint density at radius 2 is 1.74 bits per heavy atom. The molecule has 0 atom stereocenters. The third-order valence-electron chi connectivity index (χ3n) is 5.39. The molecule has 1 fully saturated rings. The number of nitrogens with one attached hydrogen (secondary N) is 1. The summed E-state index contributed by atoms with van der Waals surface area (Å²) in [7, 11) is -1.94. The number of likely N-dealkylation sites (N-methyl/N-ethyl adjacent to an activating group) is 1. The van der Waals surface area contributed by atoms with Crippen LogP contribution >= 0.6 is 0 Å². The van der Waals surface area contributed by atoms with Gasteiger partial charge < -0.3 is 5.32 Å². The van der Waals surface area contributed by atoms with Crippen molar-refractivity contribution < 1.29 is 13.2 Å². The van der Waals surface area contributed by atoms with Crippen molar-refractivity contribution in [3.8, 4) is 0 Å². The molecule has 7 heteroatoms. The molecule has 0 aliphatic heterocycles. The van der Waals surface area contributed by atoms with Gasteiger partial charge in [-0.2, -0.15) is 4.31 Å². The van der Waals surface area contributed by atoms with Crippen LogP contribution < -0.4 is 5.32 Å². The number of hydrogen-bond acceptors (Lipinski definition) is 4. The Morgan fingerprint density at radius 3 is 2.26 bits per heavy atom. The minimum absolute atomic E-state index is 0.0580. The van der Waals surface area contributed by atoms with E-state index >= 15 is 0 Å². The van der Waals surface area contributed by atoms with E-state index in [0.717, 1.165) is 19.4 Å². The first-order valence-electron chi connectivity index (χ1n) is 9.87. The lowest BCUT2D eigenvalue weighted by molar-refractivity contribution is -0.118. The highest BCUT2D eigenvalue weighted by Crippen LogP contribution is 2.23. The molecule has 1 saturated carbocycles. The molecule has 1 aromatic rings. The van der Waals surface area contributed by atoms with Crippen molar-refractivity contribution >= 4 is 21.6 Å². The van der Waals surface area contributed by atoms with E-state index in [-0.39, 0.29) is 16.8 Å². The maximum atomic E-state index is 12.5. The van der Waals surface area contributed by atoms with Crippen LogP contribution in [-0.4, -0.2) is 55.8 Å². The summed E-state index contributed by atoms with van der Waals surface area (Å²) in [6.45, 7) is 6.98. The van der Waals surface area contributed by atoms with Crippen LogP contribution in [0.3, 0.4) is 0 Å². The topological polar surface area (TPSA) is 69.7 Å². The van der Waals surface area contributed by atoms with Gasteiger partial charge in [-0.15, -0.1) is 0 Å². The van der Waals surface area contributed by atoms with E-state index in [2.05, 4.69) is 17.1 Å². The molecule has 1 amide bonds. The highest BCUT2D eigenvalue weighted by Gasteiger charge is 2.24. The van der Waals surface area contributed by atoms with Crippen molar-refractivity contribution in [3.05, 3.63) is 24.3 Å². The summed E-state index contributed by atoms with van der Waals surface area (Å²) in [4.78, 5) is 14.9. The number of carbonyl (C=O) groups is 1. The average molecular weight is 396 g/mol. The first-order valence-corrected chi connectivity index (χ1v) is 11.3. The monoisotopic (exact) mass is 395 g/mol. The predicted octanol–water partition coefficient (Wildman–Crippen LogP) is 3.31. The van der Waals surface area contributed by atoms with Gasteiger partial charge in [0.2, 0.25) is 15.9 Å². The van der Waals surface area contributed by atoms with Gasteiger partial charge in [-0.3, -0.25) is 9.69 Å². The molecule has 1 N–H and O–H groups in total. The minimum atomic E-state index is -3.51. The summed E-state index contributed by atoms with van der Waals surface area (Å²) in [6, 6.07) is 6.76. The Balaban J connectivity index is 1.98. The summed E-state index contributed by atoms with van der Waals surface area (Å²) in [5, 5.41) is 2.89. The molecule has 27 heavy (non-hydrogen) atoms. The molecule has 0 saturated heterocycles. The number of sulfonamides is 1. The molecule has 1 aliphatic rings. The standard InChI is InChI=1S/C20H33N3O3S/c1-5-23(18-9-7-6-8-10-18)15-20(24)21-17-11-13-19(14-12-17)27(25,26)22(4)16(2)3/h11-14,16,18H,5-10,15H2,1-4H3,(H,21,24). The second-order valence-electron chi connectivity index (χ2n) is 7.54. The number of carbonyl (C=O) groups excluding carboxylic acids is 1. The first kappa shape index (κ1) is 21.9. The molecule has 0 heterocycles. The number of rotatable bonds is 8. The molecule has 2 rings (SSSR count). The largest absolute Gasteiger partial charge is 0.325 e. The third kappa shape index (κ3) is 5.77. The summed E-state index contributed by atoms with van der Waals surface area (Å²) in [5.41, 5.74) is 0.617. The Hall–Kier alpha value is -1.44. The molecule has 0 bridgehead atoms. The number of nitrogens with zero attached hydrogens (tertiary/aromatic N) is 2. The molecule has 0 radical (unpaired) electrons. The highest BCUT2D eigenvalue weighted by molar-refractivity contribution is 7.89. The Labute approximate surface area is 164 Å². The molecular weight excluding hydrogens is 362 g/mol. The van der Waals surface area contributed by atoms with Crippen LogP contribution in [-0.2, 0) is 14.8 Å². The van der Waals surface area contributed by atoms with Gasteiger partial charge in [0.05, 0.1) is 11.4 Å². The van der Waals surface area contributed by atoms with E-state index in [9.17, 15) is 13.2 Å². The second kappa shape index (κ2) is 9.66. The molecule has 1 aliphatic carbocycles. The smallest absolute Gasteiger partial charge is 0.243 e. The van der Waals surface area contributed by atoms with E-state index in [0.29, 0.717) is 18.3 Å². The summed E-state index contributed by atoms with van der Waals surface area (Å²) in [6.07, 6.45) is 6.10. The van der Waals surface area contributed by atoms with E-state index < -0.39 is 10.0 Å².